The van der Waals surface area contributed by atoms with Crippen molar-refractivity contribution in [2.75, 3.05) is 6.61 Å². The Labute approximate surface area is 110 Å². The van der Waals surface area contributed by atoms with Gasteiger partial charge in [0, 0.05) is 6.61 Å². The molecule has 1 nitrogen and oxygen atoms in total. The molecule has 0 aromatic carbocycles. The number of hydrogen-bond donors (Lipinski definition) is 0. The summed E-state index contributed by atoms with van der Waals surface area (Å²) in [4.78, 5) is 0. The molecular weight excluding hydrogens is 224 g/mol. The highest BCUT2D eigenvalue weighted by molar-refractivity contribution is 6.48. The van der Waals surface area contributed by atoms with Gasteiger partial charge in [-0.2, -0.15) is 0 Å². The summed E-state index contributed by atoms with van der Waals surface area (Å²) in [6.45, 7) is 9.24. The molecule has 0 spiro atoms. The van der Waals surface area contributed by atoms with E-state index in [0.29, 0.717) is 0 Å². The average Bonchev–Trinajstić information content (AvgIpc) is 2.30. The average molecular weight is 257 g/mol. The number of rotatable bonds is 13. The fourth-order valence-electron chi connectivity index (χ4n) is 1.95. The molecule has 0 rings (SSSR count). The first-order valence-electron chi connectivity index (χ1n) is 7.50. The zero-order valence-electron chi connectivity index (χ0n) is 12.0. The van der Waals surface area contributed by atoms with E-state index >= 15 is 0 Å². The van der Waals surface area contributed by atoms with Crippen molar-refractivity contribution in [2.24, 2.45) is 0 Å². The maximum atomic E-state index is 5.66. The van der Waals surface area contributed by atoms with E-state index in [4.69, 9.17) is 4.43 Å². The molecule has 2 heteroatoms. The van der Waals surface area contributed by atoms with E-state index in [0.717, 1.165) is 6.61 Å². The largest absolute Gasteiger partial charge is 0.421 e. The van der Waals surface area contributed by atoms with E-state index in [1.807, 2.05) is 6.08 Å². The third-order valence-electron chi connectivity index (χ3n) is 3.00. The Balaban J connectivity index is 2.91. The van der Waals surface area contributed by atoms with Gasteiger partial charge in [-0.25, -0.2) is 0 Å². The van der Waals surface area contributed by atoms with Crippen LogP contribution in [0.5, 0.6) is 0 Å². The molecule has 17 heavy (non-hydrogen) atoms. The Morgan fingerprint density at radius 1 is 0.824 bits per heavy atom. The van der Waals surface area contributed by atoms with Crippen LogP contribution in [0.4, 0.5) is 0 Å². The first-order valence-corrected chi connectivity index (χ1v) is 10.3. The van der Waals surface area contributed by atoms with Crippen LogP contribution >= 0.6 is 0 Å². The lowest BCUT2D eigenvalue weighted by molar-refractivity contribution is 0.311. The minimum atomic E-state index is -0.762. The van der Waals surface area contributed by atoms with Crippen molar-refractivity contribution in [3.05, 3.63) is 12.7 Å². The summed E-state index contributed by atoms with van der Waals surface area (Å²) < 4.78 is 5.66. The zero-order valence-corrected chi connectivity index (χ0v) is 13.2. The van der Waals surface area contributed by atoms with E-state index in [2.05, 4.69) is 19.7 Å². The van der Waals surface area contributed by atoms with Crippen LogP contribution in [0.3, 0.4) is 0 Å². The third kappa shape index (κ3) is 15.9. The lowest BCUT2D eigenvalue weighted by Gasteiger charge is -2.06. The zero-order chi connectivity index (χ0) is 12.8. The van der Waals surface area contributed by atoms with Crippen LogP contribution in [0.25, 0.3) is 0 Å². The molecule has 102 valence electrons. The summed E-state index contributed by atoms with van der Waals surface area (Å²) in [5.41, 5.74) is 0. The normalized spacial score (nSPS) is 11.0. The van der Waals surface area contributed by atoms with Gasteiger partial charge in [-0.1, -0.05) is 51.0 Å². The summed E-state index contributed by atoms with van der Waals surface area (Å²) >= 11 is 0. The second-order valence-corrected chi connectivity index (χ2v) is 7.61. The summed E-state index contributed by atoms with van der Waals surface area (Å²) in [5, 5.41) is 0. The number of unbranched alkanes of at least 4 members (excludes halogenated alkanes) is 9. The van der Waals surface area contributed by atoms with Gasteiger partial charge in [-0.3, -0.25) is 0 Å². The topological polar surface area (TPSA) is 9.23 Å². The van der Waals surface area contributed by atoms with Crippen LogP contribution in [-0.4, -0.2) is 15.6 Å². The lowest BCUT2D eigenvalue weighted by Crippen LogP contribution is -2.08. The molecule has 0 atom stereocenters. The highest BCUT2D eigenvalue weighted by Crippen LogP contribution is 2.10. The molecule has 0 amide bonds. The van der Waals surface area contributed by atoms with Crippen molar-refractivity contribution >= 4 is 9.04 Å². The lowest BCUT2D eigenvalue weighted by atomic mass is 10.1. The molecule has 0 bridgehead atoms. The first kappa shape index (κ1) is 16.9. The van der Waals surface area contributed by atoms with E-state index in [1.165, 1.54) is 64.2 Å². The molecule has 0 radical (unpaired) electrons. The van der Waals surface area contributed by atoms with Crippen LogP contribution in [0.2, 0.25) is 13.1 Å². The summed E-state index contributed by atoms with van der Waals surface area (Å²) in [5.74, 6) is 0. The van der Waals surface area contributed by atoms with Crippen LogP contribution < -0.4 is 0 Å². The third-order valence-corrected chi connectivity index (χ3v) is 3.91. The van der Waals surface area contributed by atoms with E-state index in [9.17, 15) is 0 Å². The predicted molar refractivity (Wildman–Crippen MR) is 81.2 cm³/mol. The summed E-state index contributed by atoms with van der Waals surface area (Å²) in [7, 11) is -0.762. The van der Waals surface area contributed by atoms with Gasteiger partial charge in [0.15, 0.2) is 9.04 Å². The van der Waals surface area contributed by atoms with Gasteiger partial charge in [0.2, 0.25) is 0 Å². The van der Waals surface area contributed by atoms with E-state index in [1.54, 1.807) is 0 Å². The highest BCUT2D eigenvalue weighted by atomic mass is 28.3. The molecule has 0 heterocycles. The Bertz CT molecular complexity index is 157. The standard InChI is InChI=1S/C15H32OSi/c1-4-5-6-7-8-9-10-11-12-13-14-15-16-17(2)3/h4,17H,1,5-15H2,2-3H3. The van der Waals surface area contributed by atoms with Gasteiger partial charge < -0.3 is 4.43 Å². The molecule has 0 aromatic heterocycles. The highest BCUT2D eigenvalue weighted by Gasteiger charge is 1.95. The Kier molecular flexibility index (Phi) is 13.9. The Morgan fingerprint density at radius 2 is 1.29 bits per heavy atom. The van der Waals surface area contributed by atoms with Gasteiger partial charge in [-0.05, 0) is 32.4 Å². The number of allylic oxidation sites excluding steroid dienone is 1. The molecule has 0 aromatic rings. The fourth-order valence-corrected chi connectivity index (χ4v) is 2.59. The van der Waals surface area contributed by atoms with Crippen LogP contribution in [0, 0.1) is 0 Å². The maximum absolute atomic E-state index is 5.66. The fraction of sp³-hybridized carbons (Fsp3) is 0.867. The van der Waals surface area contributed by atoms with Crippen LogP contribution in [-0.2, 0) is 4.43 Å². The van der Waals surface area contributed by atoms with E-state index < -0.39 is 9.04 Å². The van der Waals surface area contributed by atoms with Gasteiger partial charge >= 0.3 is 0 Å². The van der Waals surface area contributed by atoms with Gasteiger partial charge in [0.05, 0.1) is 0 Å². The maximum Gasteiger partial charge on any atom is 0.170 e. The summed E-state index contributed by atoms with van der Waals surface area (Å²) in [6.07, 6.45) is 15.6. The van der Waals surface area contributed by atoms with Gasteiger partial charge in [0.1, 0.15) is 0 Å². The predicted octanol–water partition coefficient (Wildman–Crippen LogP) is 5.07. The SMILES string of the molecule is C=CCCCCCCCCCCCO[SiH](C)C. The second-order valence-electron chi connectivity index (χ2n) is 5.18. The monoisotopic (exact) mass is 256 g/mol. The van der Waals surface area contributed by atoms with Crippen molar-refractivity contribution in [1.29, 1.82) is 0 Å². The second kappa shape index (κ2) is 14.0. The van der Waals surface area contributed by atoms with Crippen LogP contribution in [0.1, 0.15) is 64.2 Å². The molecule has 0 fully saturated rings. The Morgan fingerprint density at radius 3 is 1.76 bits per heavy atom. The molecule has 0 N–H and O–H groups in total. The minimum Gasteiger partial charge on any atom is -0.421 e. The van der Waals surface area contributed by atoms with Gasteiger partial charge in [-0.15, -0.1) is 6.58 Å². The number of hydrogen-bond acceptors (Lipinski definition) is 1. The first-order chi connectivity index (χ1) is 8.27. The van der Waals surface area contributed by atoms with Crippen molar-refractivity contribution in [3.8, 4) is 0 Å². The van der Waals surface area contributed by atoms with E-state index in [-0.39, 0.29) is 0 Å². The van der Waals surface area contributed by atoms with Crippen molar-refractivity contribution in [1.82, 2.24) is 0 Å². The molecule has 0 aliphatic carbocycles. The smallest absolute Gasteiger partial charge is 0.170 e. The van der Waals surface area contributed by atoms with Gasteiger partial charge in [0.25, 0.3) is 0 Å². The van der Waals surface area contributed by atoms with Crippen molar-refractivity contribution in [2.45, 2.75) is 77.3 Å². The Hall–Kier alpha value is -0.0831. The van der Waals surface area contributed by atoms with Crippen LogP contribution in [0.15, 0.2) is 12.7 Å². The summed E-state index contributed by atoms with van der Waals surface area (Å²) in [6, 6.07) is 0. The molecule has 0 aliphatic rings. The quantitative estimate of drug-likeness (QED) is 0.254. The van der Waals surface area contributed by atoms with Crippen molar-refractivity contribution in [3.63, 3.8) is 0 Å². The molecule has 0 aliphatic heterocycles. The molecular formula is C15H32OSi. The molecule has 0 saturated heterocycles. The minimum absolute atomic E-state index is 0.762. The molecule has 0 saturated carbocycles. The van der Waals surface area contributed by atoms with Crippen molar-refractivity contribution < 1.29 is 4.43 Å². The molecule has 0 unspecified atom stereocenters.